The number of carbonyl (C=O) groups excluding carboxylic acids is 2. The molecule has 0 bridgehead atoms. The van der Waals surface area contributed by atoms with Crippen LogP contribution in [0.1, 0.15) is 46.5 Å². The molecule has 0 aromatic carbocycles. The molecular formula is C16H29N3O5S. The lowest BCUT2D eigenvalue weighted by atomic mass is 10.1. The number of hydrogen-bond acceptors (Lipinski definition) is 5. The van der Waals surface area contributed by atoms with Crippen molar-refractivity contribution in [1.82, 2.24) is 14.5 Å². The summed E-state index contributed by atoms with van der Waals surface area (Å²) in [5.41, 5.74) is -0.611. The molecule has 2 atom stereocenters. The topological polar surface area (TPSA) is 96.0 Å². The first-order valence-corrected chi connectivity index (χ1v) is 10.6. The second-order valence-corrected chi connectivity index (χ2v) is 9.78. The molecular weight excluding hydrogens is 346 g/mol. The number of carbonyl (C=O) groups is 2. The van der Waals surface area contributed by atoms with E-state index in [1.54, 1.807) is 20.8 Å². The minimum atomic E-state index is -3.26. The molecule has 0 aromatic heterocycles. The lowest BCUT2D eigenvalue weighted by Crippen LogP contribution is -2.54. The smallest absolute Gasteiger partial charge is 0.410 e. The highest BCUT2D eigenvalue weighted by Crippen LogP contribution is 2.22. The first-order chi connectivity index (χ1) is 11.5. The van der Waals surface area contributed by atoms with Crippen molar-refractivity contribution < 1.29 is 22.7 Å². The Labute approximate surface area is 149 Å². The highest BCUT2D eigenvalue weighted by Gasteiger charge is 2.38. The van der Waals surface area contributed by atoms with Gasteiger partial charge in [0.05, 0.1) is 6.26 Å². The summed E-state index contributed by atoms with van der Waals surface area (Å²) >= 11 is 0. The van der Waals surface area contributed by atoms with E-state index in [0.29, 0.717) is 25.9 Å². The van der Waals surface area contributed by atoms with Crippen LogP contribution >= 0.6 is 0 Å². The Morgan fingerprint density at radius 3 is 2.36 bits per heavy atom. The summed E-state index contributed by atoms with van der Waals surface area (Å²) in [6.45, 7) is 6.63. The predicted octanol–water partition coefficient (Wildman–Crippen LogP) is 0.926. The third-order valence-corrected chi connectivity index (χ3v) is 5.65. The van der Waals surface area contributed by atoms with Crippen molar-refractivity contribution in [3.05, 3.63) is 0 Å². The van der Waals surface area contributed by atoms with Gasteiger partial charge < -0.3 is 10.1 Å². The lowest BCUT2D eigenvalue weighted by molar-refractivity contribution is -0.126. The van der Waals surface area contributed by atoms with E-state index < -0.39 is 27.8 Å². The minimum Gasteiger partial charge on any atom is -0.444 e. The van der Waals surface area contributed by atoms with Crippen LogP contribution in [-0.4, -0.2) is 73.2 Å². The maximum Gasteiger partial charge on any atom is 0.410 e. The molecule has 2 saturated heterocycles. The second-order valence-electron chi connectivity index (χ2n) is 7.80. The third-order valence-electron chi connectivity index (χ3n) is 4.38. The van der Waals surface area contributed by atoms with E-state index in [0.717, 1.165) is 12.8 Å². The van der Waals surface area contributed by atoms with Crippen LogP contribution in [-0.2, 0) is 19.6 Å². The van der Waals surface area contributed by atoms with E-state index >= 15 is 0 Å². The van der Waals surface area contributed by atoms with Gasteiger partial charge in [-0.2, -0.15) is 0 Å². The standard InChI is InChI=1S/C16H29N3O5S/c1-16(2,3)24-15(21)19-10-6-8-13(19)14(20)17-12-7-5-9-18(11-12)25(4,22)23/h12-13H,5-11H2,1-4H3,(H,17,20). The van der Waals surface area contributed by atoms with E-state index in [4.69, 9.17) is 4.74 Å². The molecule has 144 valence electrons. The molecule has 2 rings (SSSR count). The molecule has 8 nitrogen and oxygen atoms in total. The number of ether oxygens (including phenoxy) is 1. The second kappa shape index (κ2) is 7.49. The molecule has 9 heteroatoms. The third kappa shape index (κ3) is 5.57. The van der Waals surface area contributed by atoms with Gasteiger partial charge in [-0.1, -0.05) is 0 Å². The molecule has 0 saturated carbocycles. The van der Waals surface area contributed by atoms with Crippen molar-refractivity contribution in [2.75, 3.05) is 25.9 Å². The van der Waals surface area contributed by atoms with Gasteiger partial charge in [0.1, 0.15) is 11.6 Å². The molecule has 0 radical (unpaired) electrons. The molecule has 2 amide bonds. The quantitative estimate of drug-likeness (QED) is 0.791. The number of hydrogen-bond donors (Lipinski definition) is 1. The van der Waals surface area contributed by atoms with E-state index in [1.807, 2.05) is 0 Å². The number of piperidine rings is 1. The first kappa shape index (κ1) is 20.0. The van der Waals surface area contributed by atoms with Crippen LogP contribution in [0.15, 0.2) is 0 Å². The molecule has 2 heterocycles. The average Bonchev–Trinajstić information content (AvgIpc) is 2.94. The van der Waals surface area contributed by atoms with Gasteiger partial charge in [-0.25, -0.2) is 17.5 Å². The average molecular weight is 375 g/mol. The Kier molecular flexibility index (Phi) is 5.98. The molecule has 0 spiro atoms. The minimum absolute atomic E-state index is 0.225. The molecule has 1 N–H and O–H groups in total. The van der Waals surface area contributed by atoms with Crippen molar-refractivity contribution in [3.63, 3.8) is 0 Å². The fraction of sp³-hybridized carbons (Fsp3) is 0.875. The van der Waals surface area contributed by atoms with Gasteiger partial charge in [-0.05, 0) is 46.5 Å². The normalized spacial score (nSPS) is 25.7. The summed E-state index contributed by atoms with van der Waals surface area (Å²) in [5, 5.41) is 2.92. The summed E-state index contributed by atoms with van der Waals surface area (Å²) in [7, 11) is -3.26. The highest BCUT2D eigenvalue weighted by atomic mass is 32.2. The number of likely N-dealkylation sites (tertiary alicyclic amines) is 1. The van der Waals surface area contributed by atoms with E-state index in [-0.39, 0.29) is 18.5 Å². The van der Waals surface area contributed by atoms with Crippen molar-refractivity contribution in [1.29, 1.82) is 0 Å². The van der Waals surface area contributed by atoms with Gasteiger partial charge in [-0.15, -0.1) is 0 Å². The van der Waals surface area contributed by atoms with Crippen LogP contribution in [0.3, 0.4) is 0 Å². The van der Waals surface area contributed by atoms with Crippen LogP contribution in [0.4, 0.5) is 4.79 Å². The molecule has 2 fully saturated rings. The van der Waals surface area contributed by atoms with Gasteiger partial charge in [0, 0.05) is 25.7 Å². The first-order valence-electron chi connectivity index (χ1n) is 8.72. The molecule has 0 aliphatic carbocycles. The SMILES string of the molecule is CC(C)(C)OC(=O)N1CCCC1C(=O)NC1CCCN(S(C)(=O)=O)C1. The molecule has 2 aliphatic rings. The van der Waals surface area contributed by atoms with Crippen LogP contribution in [0.25, 0.3) is 0 Å². The summed E-state index contributed by atoms with van der Waals surface area (Å²) < 4.78 is 30.1. The Balaban J connectivity index is 1.96. The van der Waals surface area contributed by atoms with Gasteiger partial charge in [-0.3, -0.25) is 9.69 Å². The number of nitrogens with zero attached hydrogens (tertiary/aromatic N) is 2. The fourth-order valence-corrected chi connectivity index (χ4v) is 4.15. The lowest BCUT2D eigenvalue weighted by Gasteiger charge is -2.33. The van der Waals surface area contributed by atoms with Crippen LogP contribution in [0, 0.1) is 0 Å². The summed E-state index contributed by atoms with van der Waals surface area (Å²) in [4.78, 5) is 26.4. The van der Waals surface area contributed by atoms with Crippen molar-refractivity contribution >= 4 is 22.0 Å². The molecule has 0 aromatic rings. The molecule has 2 aliphatic heterocycles. The number of sulfonamides is 1. The van der Waals surface area contributed by atoms with Crippen LogP contribution in [0.5, 0.6) is 0 Å². The van der Waals surface area contributed by atoms with E-state index in [1.165, 1.54) is 15.5 Å². The van der Waals surface area contributed by atoms with Crippen molar-refractivity contribution in [2.45, 2.75) is 64.1 Å². The zero-order chi connectivity index (χ0) is 18.8. The zero-order valence-corrected chi connectivity index (χ0v) is 16.3. The zero-order valence-electron chi connectivity index (χ0n) is 15.4. The van der Waals surface area contributed by atoms with Crippen molar-refractivity contribution in [2.24, 2.45) is 0 Å². The number of rotatable bonds is 3. The predicted molar refractivity (Wildman–Crippen MR) is 93.5 cm³/mol. The maximum absolute atomic E-state index is 12.6. The van der Waals surface area contributed by atoms with Gasteiger partial charge in [0.25, 0.3) is 0 Å². The fourth-order valence-electron chi connectivity index (χ4n) is 3.24. The number of amides is 2. The maximum atomic E-state index is 12.6. The Bertz CT molecular complexity index is 614. The summed E-state index contributed by atoms with van der Waals surface area (Å²) in [6, 6.07) is -0.777. The number of nitrogens with one attached hydrogen (secondary N) is 1. The van der Waals surface area contributed by atoms with Gasteiger partial charge >= 0.3 is 6.09 Å². The Morgan fingerprint density at radius 2 is 1.76 bits per heavy atom. The summed E-state index contributed by atoms with van der Waals surface area (Å²) in [5.74, 6) is -0.233. The highest BCUT2D eigenvalue weighted by molar-refractivity contribution is 7.88. The molecule has 2 unspecified atom stereocenters. The van der Waals surface area contributed by atoms with Crippen LogP contribution in [0.2, 0.25) is 0 Å². The summed E-state index contributed by atoms with van der Waals surface area (Å²) in [6.07, 6.45) is 3.48. The van der Waals surface area contributed by atoms with Crippen LogP contribution < -0.4 is 5.32 Å². The largest absolute Gasteiger partial charge is 0.444 e. The monoisotopic (exact) mass is 375 g/mol. The van der Waals surface area contributed by atoms with Gasteiger partial charge in [0.2, 0.25) is 15.9 Å². The van der Waals surface area contributed by atoms with Gasteiger partial charge in [0.15, 0.2) is 0 Å². The van der Waals surface area contributed by atoms with E-state index in [2.05, 4.69) is 5.32 Å². The molecule has 25 heavy (non-hydrogen) atoms. The Hall–Kier alpha value is -1.35. The Morgan fingerprint density at radius 1 is 1.12 bits per heavy atom. The van der Waals surface area contributed by atoms with Crippen molar-refractivity contribution in [3.8, 4) is 0 Å². The van der Waals surface area contributed by atoms with E-state index in [9.17, 15) is 18.0 Å².